The summed E-state index contributed by atoms with van der Waals surface area (Å²) in [6.07, 6.45) is 0.441. The third-order valence-electron chi connectivity index (χ3n) is 4.06. The SMILES string of the molecule is Cl.O=C(CC1COCCN1)NCc1cccc(COc2ccccc2)c1. The summed E-state index contributed by atoms with van der Waals surface area (Å²) >= 11 is 0. The van der Waals surface area contributed by atoms with Crippen LogP contribution in [-0.4, -0.2) is 31.7 Å². The van der Waals surface area contributed by atoms with Crippen molar-refractivity contribution in [1.82, 2.24) is 10.6 Å². The van der Waals surface area contributed by atoms with Gasteiger partial charge < -0.3 is 20.1 Å². The fourth-order valence-corrected chi connectivity index (χ4v) is 2.76. The maximum Gasteiger partial charge on any atom is 0.221 e. The number of hydrogen-bond donors (Lipinski definition) is 2. The van der Waals surface area contributed by atoms with Gasteiger partial charge in [0.1, 0.15) is 12.4 Å². The molecular weight excluding hydrogens is 352 g/mol. The van der Waals surface area contributed by atoms with Crippen molar-refractivity contribution in [2.24, 2.45) is 0 Å². The fourth-order valence-electron chi connectivity index (χ4n) is 2.76. The maximum absolute atomic E-state index is 12.0. The molecule has 3 rings (SSSR count). The van der Waals surface area contributed by atoms with Gasteiger partial charge in [-0.25, -0.2) is 0 Å². The first-order valence-corrected chi connectivity index (χ1v) is 8.63. The summed E-state index contributed by atoms with van der Waals surface area (Å²) in [5.41, 5.74) is 2.15. The molecule has 6 heteroatoms. The molecule has 1 fully saturated rings. The molecule has 0 radical (unpaired) electrons. The number of morpholine rings is 1. The van der Waals surface area contributed by atoms with Gasteiger partial charge in [-0.3, -0.25) is 4.79 Å². The van der Waals surface area contributed by atoms with Crippen molar-refractivity contribution in [3.05, 3.63) is 65.7 Å². The lowest BCUT2D eigenvalue weighted by Crippen LogP contribution is -2.44. The van der Waals surface area contributed by atoms with Gasteiger partial charge >= 0.3 is 0 Å². The number of hydrogen-bond acceptors (Lipinski definition) is 4. The quantitative estimate of drug-likeness (QED) is 0.780. The van der Waals surface area contributed by atoms with E-state index in [2.05, 4.69) is 16.7 Å². The van der Waals surface area contributed by atoms with E-state index in [1.807, 2.05) is 48.5 Å². The average molecular weight is 377 g/mol. The van der Waals surface area contributed by atoms with Crippen LogP contribution in [0.3, 0.4) is 0 Å². The molecule has 1 aliphatic rings. The third-order valence-corrected chi connectivity index (χ3v) is 4.06. The Labute approximate surface area is 160 Å². The Morgan fingerprint density at radius 2 is 1.96 bits per heavy atom. The van der Waals surface area contributed by atoms with Crippen LogP contribution in [0.25, 0.3) is 0 Å². The van der Waals surface area contributed by atoms with Crippen LogP contribution in [0.1, 0.15) is 17.5 Å². The van der Waals surface area contributed by atoms with Crippen LogP contribution in [0.15, 0.2) is 54.6 Å². The Balaban J connectivity index is 0.00000243. The molecule has 1 atom stereocenters. The molecule has 0 aromatic heterocycles. The number of benzene rings is 2. The van der Waals surface area contributed by atoms with Crippen LogP contribution in [0.2, 0.25) is 0 Å². The molecule has 5 nitrogen and oxygen atoms in total. The van der Waals surface area contributed by atoms with Crippen LogP contribution in [-0.2, 0) is 22.7 Å². The van der Waals surface area contributed by atoms with E-state index in [9.17, 15) is 4.79 Å². The minimum Gasteiger partial charge on any atom is -0.489 e. The van der Waals surface area contributed by atoms with Crippen LogP contribution in [0, 0.1) is 0 Å². The standard InChI is InChI=1S/C20H24N2O3.ClH/c23-20(12-18-15-24-10-9-21-18)22-13-16-5-4-6-17(11-16)14-25-19-7-2-1-3-8-19;/h1-8,11,18,21H,9-10,12-15H2,(H,22,23);1H. The predicted molar refractivity (Wildman–Crippen MR) is 104 cm³/mol. The van der Waals surface area contributed by atoms with E-state index in [0.717, 1.165) is 30.0 Å². The first kappa shape index (κ1) is 20.2. The van der Waals surface area contributed by atoms with Gasteiger partial charge in [-0.2, -0.15) is 0 Å². The van der Waals surface area contributed by atoms with Gasteiger partial charge in [-0.15, -0.1) is 12.4 Å². The predicted octanol–water partition coefficient (Wildman–Crippen LogP) is 2.68. The van der Waals surface area contributed by atoms with Gasteiger partial charge in [0, 0.05) is 25.6 Å². The maximum atomic E-state index is 12.0. The molecule has 1 unspecified atom stereocenters. The Morgan fingerprint density at radius 1 is 1.15 bits per heavy atom. The molecule has 140 valence electrons. The van der Waals surface area contributed by atoms with E-state index in [-0.39, 0.29) is 24.4 Å². The van der Waals surface area contributed by atoms with Gasteiger partial charge in [0.05, 0.1) is 13.2 Å². The number of carbonyl (C=O) groups is 1. The molecule has 1 aliphatic heterocycles. The fraction of sp³-hybridized carbons (Fsp3) is 0.350. The number of rotatable bonds is 7. The Morgan fingerprint density at radius 3 is 2.73 bits per heavy atom. The molecule has 2 N–H and O–H groups in total. The van der Waals surface area contributed by atoms with E-state index in [1.165, 1.54) is 0 Å². The number of carbonyl (C=O) groups excluding carboxylic acids is 1. The van der Waals surface area contributed by atoms with Crippen LogP contribution in [0.4, 0.5) is 0 Å². The second-order valence-electron chi connectivity index (χ2n) is 6.13. The molecule has 2 aromatic carbocycles. The van der Waals surface area contributed by atoms with Crippen molar-refractivity contribution in [2.45, 2.75) is 25.6 Å². The number of amides is 1. The summed E-state index contributed by atoms with van der Waals surface area (Å²) in [6, 6.07) is 17.9. The highest BCUT2D eigenvalue weighted by atomic mass is 35.5. The second kappa shape index (κ2) is 10.8. The monoisotopic (exact) mass is 376 g/mol. The smallest absolute Gasteiger partial charge is 0.221 e. The highest BCUT2D eigenvalue weighted by Gasteiger charge is 2.16. The van der Waals surface area contributed by atoms with E-state index in [1.54, 1.807) is 0 Å². The summed E-state index contributed by atoms with van der Waals surface area (Å²) < 4.78 is 11.1. The molecule has 2 aromatic rings. The van der Waals surface area contributed by atoms with Crippen LogP contribution >= 0.6 is 12.4 Å². The minimum atomic E-state index is 0. The highest BCUT2D eigenvalue weighted by Crippen LogP contribution is 2.12. The van der Waals surface area contributed by atoms with E-state index < -0.39 is 0 Å². The van der Waals surface area contributed by atoms with Crippen molar-refractivity contribution in [1.29, 1.82) is 0 Å². The summed E-state index contributed by atoms with van der Waals surface area (Å²) in [5, 5.41) is 6.26. The van der Waals surface area contributed by atoms with Crippen LogP contribution < -0.4 is 15.4 Å². The van der Waals surface area contributed by atoms with Gasteiger partial charge in [0.25, 0.3) is 0 Å². The molecule has 26 heavy (non-hydrogen) atoms. The van der Waals surface area contributed by atoms with Crippen molar-refractivity contribution < 1.29 is 14.3 Å². The number of ether oxygens (including phenoxy) is 2. The largest absolute Gasteiger partial charge is 0.489 e. The lowest BCUT2D eigenvalue weighted by atomic mass is 10.1. The van der Waals surface area contributed by atoms with Gasteiger partial charge in [0.15, 0.2) is 0 Å². The second-order valence-corrected chi connectivity index (χ2v) is 6.13. The van der Waals surface area contributed by atoms with Crippen molar-refractivity contribution >= 4 is 18.3 Å². The van der Waals surface area contributed by atoms with E-state index in [4.69, 9.17) is 9.47 Å². The van der Waals surface area contributed by atoms with Crippen LogP contribution in [0.5, 0.6) is 5.75 Å². The van der Waals surface area contributed by atoms with Gasteiger partial charge in [-0.1, -0.05) is 42.5 Å². The number of nitrogens with one attached hydrogen (secondary N) is 2. The Kier molecular flexibility index (Phi) is 8.41. The Bertz CT molecular complexity index is 676. The summed E-state index contributed by atoms with van der Waals surface area (Å²) in [5.74, 6) is 0.886. The molecule has 1 saturated heterocycles. The summed E-state index contributed by atoms with van der Waals surface area (Å²) in [6.45, 7) is 3.15. The zero-order valence-electron chi connectivity index (χ0n) is 14.6. The molecule has 1 amide bonds. The molecular formula is C20H25ClN2O3. The zero-order chi connectivity index (χ0) is 17.3. The van der Waals surface area contributed by atoms with E-state index >= 15 is 0 Å². The first-order valence-electron chi connectivity index (χ1n) is 8.63. The molecule has 0 spiro atoms. The minimum absolute atomic E-state index is 0. The molecule has 0 saturated carbocycles. The zero-order valence-corrected chi connectivity index (χ0v) is 15.5. The van der Waals surface area contributed by atoms with Gasteiger partial charge in [0.2, 0.25) is 5.91 Å². The topological polar surface area (TPSA) is 59.6 Å². The molecule has 0 bridgehead atoms. The first-order chi connectivity index (χ1) is 12.3. The van der Waals surface area contributed by atoms with Crippen molar-refractivity contribution in [2.75, 3.05) is 19.8 Å². The summed E-state index contributed by atoms with van der Waals surface area (Å²) in [4.78, 5) is 12.0. The van der Waals surface area contributed by atoms with E-state index in [0.29, 0.717) is 26.2 Å². The summed E-state index contributed by atoms with van der Waals surface area (Å²) in [7, 11) is 0. The lowest BCUT2D eigenvalue weighted by Gasteiger charge is -2.23. The number of para-hydroxylation sites is 1. The highest BCUT2D eigenvalue weighted by molar-refractivity contribution is 5.85. The lowest BCUT2D eigenvalue weighted by molar-refractivity contribution is -0.122. The van der Waals surface area contributed by atoms with Crippen molar-refractivity contribution in [3.63, 3.8) is 0 Å². The average Bonchev–Trinajstić information content (AvgIpc) is 2.67. The van der Waals surface area contributed by atoms with Gasteiger partial charge in [-0.05, 0) is 23.3 Å². The Hall–Kier alpha value is -2.08. The third kappa shape index (κ3) is 6.67. The van der Waals surface area contributed by atoms with Crippen molar-refractivity contribution in [3.8, 4) is 5.75 Å². The molecule has 0 aliphatic carbocycles. The molecule has 1 heterocycles. The normalized spacial score (nSPS) is 16.4. The number of halogens is 1.